The molecule has 0 saturated heterocycles. The van der Waals surface area contributed by atoms with Crippen molar-refractivity contribution < 1.29 is 23.1 Å². The Hall–Kier alpha value is -2.31. The molecule has 1 heterocycles. The number of nitrogens with one attached hydrogen (secondary N) is 1. The second-order valence-corrected chi connectivity index (χ2v) is 4.26. The molecule has 0 spiro atoms. The van der Waals surface area contributed by atoms with E-state index in [1.54, 1.807) is 24.3 Å². The molecule has 20 heavy (non-hydrogen) atoms. The number of halogens is 3. The van der Waals surface area contributed by atoms with Gasteiger partial charge in [-0.2, -0.15) is 13.2 Å². The molecule has 0 unspecified atom stereocenters. The molecule has 0 bridgehead atoms. The Kier molecular flexibility index (Phi) is 3.78. The van der Waals surface area contributed by atoms with E-state index in [0.29, 0.717) is 11.1 Å². The number of rotatable bonds is 4. The molecule has 7 heteroatoms. The van der Waals surface area contributed by atoms with Gasteiger partial charge < -0.3 is 10.4 Å². The van der Waals surface area contributed by atoms with Crippen LogP contribution in [0.25, 0.3) is 10.9 Å². The lowest BCUT2D eigenvalue weighted by molar-refractivity contribution is -0.136. The van der Waals surface area contributed by atoms with Gasteiger partial charge in [0.05, 0.1) is 11.9 Å². The van der Waals surface area contributed by atoms with Crippen LogP contribution in [0.2, 0.25) is 0 Å². The summed E-state index contributed by atoms with van der Waals surface area (Å²) >= 11 is 0. The molecule has 2 rings (SSSR count). The van der Waals surface area contributed by atoms with Gasteiger partial charge in [0.2, 0.25) is 0 Å². The lowest BCUT2D eigenvalue weighted by Gasteiger charge is -2.09. The van der Waals surface area contributed by atoms with E-state index < -0.39 is 18.7 Å². The summed E-state index contributed by atoms with van der Waals surface area (Å²) in [6.45, 7) is -1.17. The molecule has 1 aromatic heterocycles. The van der Waals surface area contributed by atoms with Crippen molar-refractivity contribution >= 4 is 22.7 Å². The zero-order chi connectivity index (χ0) is 14.8. The molecule has 0 radical (unpaired) electrons. The average Bonchev–Trinajstić information content (AvgIpc) is 2.34. The fourth-order valence-corrected chi connectivity index (χ4v) is 1.74. The van der Waals surface area contributed by atoms with E-state index in [9.17, 15) is 18.0 Å². The van der Waals surface area contributed by atoms with Crippen molar-refractivity contribution in [3.63, 3.8) is 0 Å². The Bertz CT molecular complexity index is 641. The van der Waals surface area contributed by atoms with Gasteiger partial charge >= 0.3 is 12.1 Å². The molecule has 2 N–H and O–H groups in total. The van der Waals surface area contributed by atoms with Crippen molar-refractivity contribution in [1.29, 1.82) is 0 Å². The van der Waals surface area contributed by atoms with E-state index >= 15 is 0 Å². The monoisotopic (exact) mass is 284 g/mol. The van der Waals surface area contributed by atoms with Crippen LogP contribution in [0.5, 0.6) is 0 Å². The number of carboxylic acid groups (broad SMARTS) is 1. The minimum absolute atomic E-state index is 0.0994. The lowest BCUT2D eigenvalue weighted by atomic mass is 10.1. The minimum Gasteiger partial charge on any atom is -0.481 e. The Morgan fingerprint density at radius 2 is 1.95 bits per heavy atom. The third-order valence-corrected chi connectivity index (χ3v) is 2.58. The van der Waals surface area contributed by atoms with E-state index in [1.165, 1.54) is 6.07 Å². The summed E-state index contributed by atoms with van der Waals surface area (Å²) in [7, 11) is 0. The van der Waals surface area contributed by atoms with Crippen LogP contribution in [0.4, 0.5) is 19.0 Å². The first kappa shape index (κ1) is 14.1. The molecule has 0 saturated carbocycles. The summed E-state index contributed by atoms with van der Waals surface area (Å²) in [5.41, 5.74) is 1.00. The van der Waals surface area contributed by atoms with Gasteiger partial charge in [-0.3, -0.25) is 4.79 Å². The zero-order valence-corrected chi connectivity index (χ0v) is 10.2. The van der Waals surface area contributed by atoms with E-state index in [-0.39, 0.29) is 12.2 Å². The molecule has 0 atom stereocenters. The second kappa shape index (κ2) is 5.36. The first-order chi connectivity index (χ1) is 9.33. The highest BCUT2D eigenvalue weighted by molar-refractivity contribution is 5.82. The fourth-order valence-electron chi connectivity index (χ4n) is 1.74. The van der Waals surface area contributed by atoms with Crippen LogP contribution in [0, 0.1) is 0 Å². The van der Waals surface area contributed by atoms with Crippen LogP contribution in [-0.4, -0.2) is 28.8 Å². The van der Waals surface area contributed by atoms with Crippen molar-refractivity contribution in [2.24, 2.45) is 0 Å². The SMILES string of the molecule is O=C(O)Cc1ccc2ccc(NCC(F)(F)F)nc2c1. The Labute approximate surface area is 112 Å². The highest BCUT2D eigenvalue weighted by atomic mass is 19.4. The molecule has 106 valence electrons. The number of hydrogen-bond donors (Lipinski definition) is 2. The molecular weight excluding hydrogens is 273 g/mol. The Morgan fingerprint density at radius 1 is 1.25 bits per heavy atom. The van der Waals surface area contributed by atoms with E-state index in [4.69, 9.17) is 5.11 Å². The van der Waals surface area contributed by atoms with Crippen molar-refractivity contribution in [1.82, 2.24) is 4.98 Å². The largest absolute Gasteiger partial charge is 0.481 e. The first-order valence-electron chi connectivity index (χ1n) is 5.75. The molecule has 0 aliphatic rings. The molecule has 0 aliphatic carbocycles. The number of carboxylic acids is 1. The number of pyridine rings is 1. The smallest absolute Gasteiger partial charge is 0.405 e. The quantitative estimate of drug-likeness (QED) is 0.906. The molecule has 0 amide bonds. The van der Waals surface area contributed by atoms with Gasteiger partial charge in [0.25, 0.3) is 0 Å². The third kappa shape index (κ3) is 3.84. The van der Waals surface area contributed by atoms with Crippen LogP contribution in [-0.2, 0) is 11.2 Å². The van der Waals surface area contributed by atoms with Crippen LogP contribution < -0.4 is 5.32 Å². The molecule has 4 nitrogen and oxygen atoms in total. The number of carbonyl (C=O) groups is 1. The van der Waals surface area contributed by atoms with Crippen molar-refractivity contribution in [2.45, 2.75) is 12.6 Å². The number of benzene rings is 1. The summed E-state index contributed by atoms with van der Waals surface area (Å²) in [5.74, 6) is -0.877. The molecule has 1 aromatic carbocycles. The third-order valence-electron chi connectivity index (χ3n) is 2.58. The number of anilines is 1. The minimum atomic E-state index is -4.32. The normalized spacial score (nSPS) is 11.6. The number of fused-ring (bicyclic) bond motifs is 1. The van der Waals surface area contributed by atoms with Gasteiger partial charge in [-0.05, 0) is 23.8 Å². The van der Waals surface area contributed by atoms with Crippen LogP contribution in [0.3, 0.4) is 0 Å². The van der Waals surface area contributed by atoms with Gasteiger partial charge in [-0.15, -0.1) is 0 Å². The number of alkyl halides is 3. The van der Waals surface area contributed by atoms with E-state index in [1.807, 2.05) is 0 Å². The number of nitrogens with zero attached hydrogens (tertiary/aromatic N) is 1. The standard InChI is InChI=1S/C13H11F3N2O2/c14-13(15,16)7-17-11-4-3-9-2-1-8(6-12(19)20)5-10(9)18-11/h1-5H,6-7H2,(H,17,18)(H,19,20). The van der Waals surface area contributed by atoms with Crippen molar-refractivity contribution in [2.75, 3.05) is 11.9 Å². The predicted octanol–water partition coefficient (Wildman–Crippen LogP) is 2.84. The van der Waals surface area contributed by atoms with Crippen molar-refractivity contribution in [3.05, 3.63) is 35.9 Å². The maximum absolute atomic E-state index is 12.1. The van der Waals surface area contributed by atoms with Crippen molar-refractivity contribution in [3.8, 4) is 0 Å². The summed E-state index contributed by atoms with van der Waals surface area (Å²) in [4.78, 5) is 14.7. The van der Waals surface area contributed by atoms with Crippen LogP contribution >= 0.6 is 0 Å². The fraction of sp³-hybridized carbons (Fsp3) is 0.231. The summed E-state index contributed by atoms with van der Waals surface area (Å²) in [6.07, 6.45) is -4.47. The molecule has 2 aromatic rings. The topological polar surface area (TPSA) is 62.2 Å². The number of aliphatic carboxylic acids is 1. The number of hydrogen-bond acceptors (Lipinski definition) is 3. The average molecular weight is 284 g/mol. The van der Waals surface area contributed by atoms with Crippen LogP contribution in [0.1, 0.15) is 5.56 Å². The first-order valence-corrected chi connectivity index (χ1v) is 5.75. The predicted molar refractivity (Wildman–Crippen MR) is 67.6 cm³/mol. The van der Waals surface area contributed by atoms with Crippen LogP contribution in [0.15, 0.2) is 30.3 Å². The summed E-state index contributed by atoms with van der Waals surface area (Å²) in [6, 6.07) is 7.98. The van der Waals surface area contributed by atoms with Gasteiger partial charge in [0, 0.05) is 5.39 Å². The highest BCUT2D eigenvalue weighted by Crippen LogP contribution is 2.19. The number of aromatic nitrogens is 1. The molecule has 0 fully saturated rings. The zero-order valence-electron chi connectivity index (χ0n) is 10.2. The Balaban J connectivity index is 2.24. The molecular formula is C13H11F3N2O2. The second-order valence-electron chi connectivity index (χ2n) is 4.26. The van der Waals surface area contributed by atoms with Gasteiger partial charge in [-0.25, -0.2) is 4.98 Å². The Morgan fingerprint density at radius 3 is 2.60 bits per heavy atom. The van der Waals surface area contributed by atoms with E-state index in [0.717, 1.165) is 5.39 Å². The van der Waals surface area contributed by atoms with E-state index in [2.05, 4.69) is 10.3 Å². The van der Waals surface area contributed by atoms with Gasteiger partial charge in [-0.1, -0.05) is 12.1 Å². The summed E-state index contributed by atoms with van der Waals surface area (Å²) in [5, 5.41) is 11.6. The lowest BCUT2D eigenvalue weighted by Crippen LogP contribution is -2.21. The molecule has 0 aliphatic heterocycles. The summed E-state index contributed by atoms with van der Waals surface area (Å²) < 4.78 is 36.3. The maximum atomic E-state index is 12.1. The van der Waals surface area contributed by atoms with Gasteiger partial charge in [0.1, 0.15) is 12.4 Å². The van der Waals surface area contributed by atoms with Gasteiger partial charge in [0.15, 0.2) is 0 Å². The maximum Gasteiger partial charge on any atom is 0.405 e. The highest BCUT2D eigenvalue weighted by Gasteiger charge is 2.26.